The largest absolute Gasteiger partial charge is 0.497 e. The fourth-order valence-corrected chi connectivity index (χ4v) is 1.33. The van der Waals surface area contributed by atoms with E-state index in [9.17, 15) is 9.90 Å². The van der Waals surface area contributed by atoms with Gasteiger partial charge in [-0.2, -0.15) is 0 Å². The van der Waals surface area contributed by atoms with Crippen molar-refractivity contribution in [1.82, 2.24) is 0 Å². The Bertz CT molecular complexity index is 401. The van der Waals surface area contributed by atoms with Crippen LogP contribution < -0.4 is 15.2 Å². The third kappa shape index (κ3) is 2.09. The van der Waals surface area contributed by atoms with Crippen LogP contribution in [0.2, 0.25) is 0 Å². The molecule has 0 aromatic heterocycles. The predicted molar refractivity (Wildman–Crippen MR) is 58.3 cm³/mol. The highest BCUT2D eigenvalue weighted by atomic mass is 16.5. The molecular formula is C11H15NO4. The van der Waals surface area contributed by atoms with Crippen LogP contribution in [0, 0.1) is 0 Å². The molecule has 5 heteroatoms. The normalized spacial score (nSPS) is 14.0. The number of nitrogens with two attached hydrogens (primary N) is 1. The summed E-state index contributed by atoms with van der Waals surface area (Å²) < 4.78 is 10.1. The Hall–Kier alpha value is -1.75. The molecule has 0 heterocycles. The van der Waals surface area contributed by atoms with Crippen molar-refractivity contribution in [3.8, 4) is 11.5 Å². The van der Waals surface area contributed by atoms with Gasteiger partial charge in [0.1, 0.15) is 11.5 Å². The second-order valence-corrected chi connectivity index (χ2v) is 3.50. The zero-order valence-corrected chi connectivity index (χ0v) is 9.48. The molecule has 88 valence electrons. The highest BCUT2D eigenvalue weighted by molar-refractivity contribution is 5.85. The van der Waals surface area contributed by atoms with E-state index in [1.165, 1.54) is 21.1 Å². The number of hydrogen-bond donors (Lipinski definition) is 2. The number of amides is 1. The van der Waals surface area contributed by atoms with Crippen LogP contribution in [0.4, 0.5) is 0 Å². The molecule has 1 atom stereocenters. The van der Waals surface area contributed by atoms with Gasteiger partial charge in [-0.15, -0.1) is 0 Å². The summed E-state index contributed by atoms with van der Waals surface area (Å²) in [6.45, 7) is 1.32. The van der Waals surface area contributed by atoms with Crippen molar-refractivity contribution in [3.63, 3.8) is 0 Å². The van der Waals surface area contributed by atoms with Crippen LogP contribution in [0.3, 0.4) is 0 Å². The Morgan fingerprint density at radius 3 is 2.44 bits per heavy atom. The maximum Gasteiger partial charge on any atom is 0.253 e. The van der Waals surface area contributed by atoms with Crippen LogP contribution in [-0.4, -0.2) is 25.2 Å². The van der Waals surface area contributed by atoms with Gasteiger partial charge in [0.25, 0.3) is 5.91 Å². The first-order valence-corrected chi connectivity index (χ1v) is 4.68. The van der Waals surface area contributed by atoms with Crippen molar-refractivity contribution in [2.75, 3.05) is 14.2 Å². The molecule has 1 rings (SSSR count). The van der Waals surface area contributed by atoms with E-state index in [0.717, 1.165) is 0 Å². The smallest absolute Gasteiger partial charge is 0.253 e. The van der Waals surface area contributed by atoms with Gasteiger partial charge in [-0.1, -0.05) is 0 Å². The summed E-state index contributed by atoms with van der Waals surface area (Å²) in [7, 11) is 2.95. The van der Waals surface area contributed by atoms with Gasteiger partial charge in [-0.25, -0.2) is 0 Å². The maximum atomic E-state index is 11.1. The molecule has 1 amide bonds. The summed E-state index contributed by atoms with van der Waals surface area (Å²) in [5.74, 6) is 0.0833. The van der Waals surface area contributed by atoms with Gasteiger partial charge in [-0.3, -0.25) is 4.79 Å². The van der Waals surface area contributed by atoms with Gasteiger partial charge in [0.15, 0.2) is 5.60 Å². The van der Waals surface area contributed by atoms with Crippen molar-refractivity contribution in [1.29, 1.82) is 0 Å². The number of aliphatic hydroxyl groups is 1. The summed E-state index contributed by atoms with van der Waals surface area (Å²) in [5, 5.41) is 9.94. The minimum atomic E-state index is -1.77. The summed E-state index contributed by atoms with van der Waals surface area (Å²) in [5.41, 5.74) is 3.66. The molecule has 5 nitrogen and oxygen atoms in total. The number of primary amides is 1. The second-order valence-electron chi connectivity index (χ2n) is 3.50. The first-order chi connectivity index (χ1) is 7.43. The van der Waals surface area contributed by atoms with Crippen molar-refractivity contribution < 1.29 is 19.4 Å². The molecular weight excluding hydrogens is 210 g/mol. The standard InChI is InChI=1S/C11H15NO4/c1-11(14,10(12)13)8-5-4-7(15-2)6-9(8)16-3/h4-6,14H,1-3H3,(H2,12,13). The average Bonchev–Trinajstić information content (AvgIpc) is 2.27. The molecule has 1 aromatic carbocycles. The number of methoxy groups -OCH3 is 2. The number of hydrogen-bond acceptors (Lipinski definition) is 4. The van der Waals surface area contributed by atoms with Crippen LogP contribution in [0.25, 0.3) is 0 Å². The molecule has 1 aromatic rings. The molecule has 0 radical (unpaired) electrons. The highest BCUT2D eigenvalue weighted by Gasteiger charge is 2.33. The molecule has 0 saturated carbocycles. The predicted octanol–water partition coefficient (Wildman–Crippen LogP) is 0.397. The SMILES string of the molecule is COc1ccc(C(C)(O)C(N)=O)c(OC)c1. The third-order valence-electron chi connectivity index (χ3n) is 2.41. The minimum Gasteiger partial charge on any atom is -0.497 e. The average molecular weight is 225 g/mol. The summed E-state index contributed by atoms with van der Waals surface area (Å²) in [4.78, 5) is 11.1. The minimum absolute atomic E-state index is 0.309. The van der Waals surface area contributed by atoms with E-state index >= 15 is 0 Å². The van der Waals surface area contributed by atoms with E-state index in [2.05, 4.69) is 0 Å². The molecule has 0 bridgehead atoms. The first kappa shape index (κ1) is 12.3. The number of rotatable bonds is 4. The quantitative estimate of drug-likeness (QED) is 0.777. The number of carbonyl (C=O) groups excluding carboxylic acids is 1. The molecule has 16 heavy (non-hydrogen) atoms. The van der Waals surface area contributed by atoms with Crippen LogP contribution >= 0.6 is 0 Å². The van der Waals surface area contributed by atoms with Gasteiger partial charge >= 0.3 is 0 Å². The lowest BCUT2D eigenvalue weighted by atomic mass is 9.94. The van der Waals surface area contributed by atoms with Crippen LogP contribution in [0.1, 0.15) is 12.5 Å². The van der Waals surface area contributed by atoms with E-state index in [4.69, 9.17) is 15.2 Å². The van der Waals surface area contributed by atoms with Crippen molar-refractivity contribution in [2.45, 2.75) is 12.5 Å². The van der Waals surface area contributed by atoms with E-state index < -0.39 is 11.5 Å². The topological polar surface area (TPSA) is 81.8 Å². The monoisotopic (exact) mass is 225 g/mol. The van der Waals surface area contributed by atoms with E-state index in [1.54, 1.807) is 18.2 Å². The zero-order valence-electron chi connectivity index (χ0n) is 9.48. The third-order valence-corrected chi connectivity index (χ3v) is 2.41. The highest BCUT2D eigenvalue weighted by Crippen LogP contribution is 2.32. The van der Waals surface area contributed by atoms with Crippen LogP contribution in [0.5, 0.6) is 11.5 Å². The van der Waals surface area contributed by atoms with Crippen molar-refractivity contribution in [2.24, 2.45) is 5.73 Å². The molecule has 0 fully saturated rings. The Labute approximate surface area is 93.8 Å². The summed E-state index contributed by atoms with van der Waals surface area (Å²) >= 11 is 0. The Kier molecular flexibility index (Phi) is 3.39. The lowest BCUT2D eigenvalue weighted by Crippen LogP contribution is -2.38. The fourth-order valence-electron chi connectivity index (χ4n) is 1.33. The molecule has 0 aliphatic rings. The Morgan fingerprint density at radius 1 is 1.38 bits per heavy atom. The number of benzene rings is 1. The van der Waals surface area contributed by atoms with E-state index in [1.807, 2.05) is 0 Å². The van der Waals surface area contributed by atoms with Crippen LogP contribution in [-0.2, 0) is 10.4 Å². The second kappa shape index (κ2) is 4.40. The Balaban J connectivity index is 3.28. The maximum absolute atomic E-state index is 11.1. The fraction of sp³-hybridized carbons (Fsp3) is 0.364. The van der Waals surface area contributed by atoms with Gasteiger partial charge in [-0.05, 0) is 19.1 Å². The van der Waals surface area contributed by atoms with Gasteiger partial charge in [0, 0.05) is 11.6 Å². The molecule has 3 N–H and O–H groups in total. The van der Waals surface area contributed by atoms with Gasteiger partial charge in [0.2, 0.25) is 0 Å². The molecule has 0 aliphatic heterocycles. The number of ether oxygens (including phenoxy) is 2. The lowest BCUT2D eigenvalue weighted by molar-refractivity contribution is -0.135. The molecule has 0 aliphatic carbocycles. The van der Waals surface area contributed by atoms with Gasteiger partial charge in [0.05, 0.1) is 14.2 Å². The van der Waals surface area contributed by atoms with Gasteiger partial charge < -0.3 is 20.3 Å². The Morgan fingerprint density at radius 2 is 2.00 bits per heavy atom. The summed E-state index contributed by atoms with van der Waals surface area (Å²) in [6.07, 6.45) is 0. The zero-order chi connectivity index (χ0) is 12.3. The van der Waals surface area contributed by atoms with Crippen LogP contribution in [0.15, 0.2) is 18.2 Å². The lowest BCUT2D eigenvalue weighted by Gasteiger charge is -2.22. The number of carbonyl (C=O) groups is 1. The van der Waals surface area contributed by atoms with E-state index in [0.29, 0.717) is 17.1 Å². The summed E-state index contributed by atoms with van der Waals surface area (Å²) in [6, 6.07) is 4.74. The first-order valence-electron chi connectivity index (χ1n) is 4.68. The molecule has 1 unspecified atom stereocenters. The van der Waals surface area contributed by atoms with Crippen molar-refractivity contribution >= 4 is 5.91 Å². The van der Waals surface area contributed by atoms with Crippen molar-refractivity contribution in [3.05, 3.63) is 23.8 Å². The molecule has 0 spiro atoms. The molecule has 0 saturated heterocycles. The van der Waals surface area contributed by atoms with E-state index in [-0.39, 0.29) is 0 Å².